The fraction of sp³-hybridized carbons (Fsp3) is 0.364. The van der Waals surface area contributed by atoms with Gasteiger partial charge in [-0.3, -0.25) is 4.79 Å². The first-order valence-corrected chi connectivity index (χ1v) is 9.86. The molecule has 148 valence electrons. The summed E-state index contributed by atoms with van der Waals surface area (Å²) < 4.78 is 5.23. The van der Waals surface area contributed by atoms with E-state index in [9.17, 15) is 9.59 Å². The number of hydrogen-bond acceptors (Lipinski definition) is 4. The largest absolute Gasteiger partial charge is 0.447 e. The second-order valence-electron chi connectivity index (χ2n) is 7.30. The minimum atomic E-state index is -0.575. The van der Waals surface area contributed by atoms with Crippen LogP contribution in [0.3, 0.4) is 0 Å². The van der Waals surface area contributed by atoms with Gasteiger partial charge in [-0.05, 0) is 29.7 Å². The average Bonchev–Trinajstić information content (AvgIpc) is 3.04. The van der Waals surface area contributed by atoms with Crippen molar-refractivity contribution in [2.24, 2.45) is 0 Å². The molecular weight excluding hydrogens is 376 g/mol. The number of carbonyl (C=O) groups is 2. The van der Waals surface area contributed by atoms with Gasteiger partial charge < -0.3 is 10.1 Å². The number of carbonyl (C=O) groups excluding carboxylic acids is 2. The molecular formula is C22H25ClN2O3. The SMILES string of the molecule is CC(C)NC[C@@H](C(=O)N1C(=O)OC[C@@H]1Cc1ccccc1)c1ccc(Cl)cc1. The van der Waals surface area contributed by atoms with Crippen LogP contribution in [-0.4, -0.2) is 42.1 Å². The van der Waals surface area contributed by atoms with Crippen LogP contribution in [0.1, 0.15) is 30.9 Å². The molecule has 0 spiro atoms. The van der Waals surface area contributed by atoms with Crippen molar-refractivity contribution >= 4 is 23.6 Å². The highest BCUT2D eigenvalue weighted by molar-refractivity contribution is 6.30. The van der Waals surface area contributed by atoms with Gasteiger partial charge in [-0.15, -0.1) is 0 Å². The lowest BCUT2D eigenvalue weighted by Crippen LogP contribution is -2.45. The van der Waals surface area contributed by atoms with Gasteiger partial charge in [-0.2, -0.15) is 0 Å². The minimum Gasteiger partial charge on any atom is -0.447 e. The monoisotopic (exact) mass is 400 g/mol. The Morgan fingerprint density at radius 1 is 1.18 bits per heavy atom. The normalized spacial score (nSPS) is 17.6. The van der Waals surface area contributed by atoms with E-state index < -0.39 is 12.0 Å². The van der Waals surface area contributed by atoms with Gasteiger partial charge in [0.25, 0.3) is 0 Å². The third-order valence-corrected chi connectivity index (χ3v) is 5.07. The molecule has 2 atom stereocenters. The number of imide groups is 1. The number of benzene rings is 2. The van der Waals surface area contributed by atoms with Gasteiger partial charge in [0.05, 0.1) is 12.0 Å². The molecule has 6 heteroatoms. The molecule has 3 rings (SSSR count). The second kappa shape index (κ2) is 9.22. The Bertz CT molecular complexity index is 808. The predicted molar refractivity (Wildman–Crippen MR) is 109 cm³/mol. The van der Waals surface area contributed by atoms with Crippen LogP contribution in [0.2, 0.25) is 5.02 Å². The molecule has 2 aromatic rings. The predicted octanol–water partition coefficient (Wildman–Crippen LogP) is 4.01. The highest BCUT2D eigenvalue weighted by atomic mass is 35.5. The van der Waals surface area contributed by atoms with Crippen LogP contribution in [0.5, 0.6) is 0 Å². The molecule has 1 saturated heterocycles. The summed E-state index contributed by atoms with van der Waals surface area (Å²) in [6.45, 7) is 4.68. The lowest BCUT2D eigenvalue weighted by molar-refractivity contribution is -0.130. The number of amides is 2. The Morgan fingerprint density at radius 3 is 2.50 bits per heavy atom. The highest BCUT2D eigenvalue weighted by Gasteiger charge is 2.41. The van der Waals surface area contributed by atoms with Gasteiger partial charge in [0.2, 0.25) is 5.91 Å². The van der Waals surface area contributed by atoms with Crippen LogP contribution in [0.15, 0.2) is 54.6 Å². The number of nitrogens with one attached hydrogen (secondary N) is 1. The van der Waals surface area contributed by atoms with Crippen molar-refractivity contribution in [1.82, 2.24) is 10.2 Å². The van der Waals surface area contributed by atoms with E-state index in [1.807, 2.05) is 56.3 Å². The Morgan fingerprint density at radius 2 is 1.86 bits per heavy atom. The van der Waals surface area contributed by atoms with Crippen molar-refractivity contribution in [3.8, 4) is 0 Å². The Balaban J connectivity index is 1.84. The minimum absolute atomic E-state index is 0.213. The van der Waals surface area contributed by atoms with Crippen LogP contribution in [0.4, 0.5) is 4.79 Å². The molecule has 1 aliphatic rings. The lowest BCUT2D eigenvalue weighted by atomic mass is 9.96. The fourth-order valence-corrected chi connectivity index (χ4v) is 3.46. The number of hydrogen-bond donors (Lipinski definition) is 1. The maximum atomic E-state index is 13.4. The maximum Gasteiger partial charge on any atom is 0.417 e. The molecule has 1 heterocycles. The lowest BCUT2D eigenvalue weighted by Gasteiger charge is -2.26. The summed E-state index contributed by atoms with van der Waals surface area (Å²) in [7, 11) is 0. The number of rotatable bonds is 7. The molecule has 1 fully saturated rings. The van der Waals surface area contributed by atoms with Gasteiger partial charge >= 0.3 is 6.09 Å². The number of cyclic esters (lactones) is 1. The molecule has 0 aromatic heterocycles. The van der Waals surface area contributed by atoms with Crippen molar-refractivity contribution in [3.63, 3.8) is 0 Å². The van der Waals surface area contributed by atoms with Crippen LogP contribution in [-0.2, 0) is 16.0 Å². The van der Waals surface area contributed by atoms with E-state index in [1.54, 1.807) is 12.1 Å². The number of halogens is 1. The molecule has 0 saturated carbocycles. The summed E-state index contributed by atoms with van der Waals surface area (Å²) in [6, 6.07) is 16.9. The first kappa shape index (κ1) is 20.4. The molecule has 5 nitrogen and oxygen atoms in total. The average molecular weight is 401 g/mol. The molecule has 1 aliphatic heterocycles. The van der Waals surface area contributed by atoms with Crippen LogP contribution in [0, 0.1) is 0 Å². The van der Waals surface area contributed by atoms with E-state index >= 15 is 0 Å². The third kappa shape index (κ3) is 4.91. The standard InChI is InChI=1S/C22H25ClN2O3/c1-15(2)24-13-20(17-8-10-18(23)11-9-17)21(26)25-19(14-28-22(25)27)12-16-6-4-3-5-7-16/h3-11,15,19-20,24H,12-14H2,1-2H3/t19-,20+/m0/s1. The summed E-state index contributed by atoms with van der Waals surface area (Å²) in [6.07, 6.45) is -0.00191. The van der Waals surface area contributed by atoms with Gasteiger partial charge in [-0.1, -0.05) is 67.9 Å². The van der Waals surface area contributed by atoms with Gasteiger partial charge in [-0.25, -0.2) is 9.69 Å². The highest BCUT2D eigenvalue weighted by Crippen LogP contribution is 2.26. The maximum absolute atomic E-state index is 13.4. The summed E-state index contributed by atoms with van der Waals surface area (Å²) in [5, 5.41) is 3.92. The summed E-state index contributed by atoms with van der Waals surface area (Å²) >= 11 is 6.00. The molecule has 2 aromatic carbocycles. The van der Waals surface area contributed by atoms with Crippen molar-refractivity contribution < 1.29 is 14.3 Å². The zero-order valence-electron chi connectivity index (χ0n) is 16.1. The van der Waals surface area contributed by atoms with Crippen molar-refractivity contribution in [3.05, 3.63) is 70.7 Å². The van der Waals surface area contributed by atoms with E-state index in [0.717, 1.165) is 11.1 Å². The van der Waals surface area contributed by atoms with Crippen LogP contribution in [0.25, 0.3) is 0 Å². The van der Waals surface area contributed by atoms with Crippen LogP contribution < -0.4 is 5.32 Å². The third-order valence-electron chi connectivity index (χ3n) is 4.81. The van der Waals surface area contributed by atoms with Crippen LogP contribution >= 0.6 is 11.6 Å². The first-order chi connectivity index (χ1) is 13.5. The van der Waals surface area contributed by atoms with E-state index in [1.165, 1.54) is 4.90 Å². The topological polar surface area (TPSA) is 58.6 Å². The molecule has 0 bridgehead atoms. The first-order valence-electron chi connectivity index (χ1n) is 9.48. The smallest absolute Gasteiger partial charge is 0.417 e. The molecule has 28 heavy (non-hydrogen) atoms. The summed E-state index contributed by atoms with van der Waals surface area (Å²) in [5.74, 6) is -0.748. The van der Waals surface area contributed by atoms with E-state index in [2.05, 4.69) is 5.32 Å². The number of ether oxygens (including phenoxy) is 1. The second-order valence-corrected chi connectivity index (χ2v) is 7.73. The Labute approximate surface area is 170 Å². The van der Waals surface area contributed by atoms with E-state index in [0.29, 0.717) is 18.0 Å². The molecule has 0 unspecified atom stereocenters. The molecule has 2 amide bonds. The summed E-state index contributed by atoms with van der Waals surface area (Å²) in [4.78, 5) is 27.1. The quantitative estimate of drug-likeness (QED) is 0.762. The zero-order chi connectivity index (χ0) is 20.1. The van der Waals surface area contributed by atoms with Crippen molar-refractivity contribution in [2.75, 3.05) is 13.2 Å². The Kier molecular flexibility index (Phi) is 6.70. The van der Waals surface area contributed by atoms with Crippen molar-refractivity contribution in [2.45, 2.75) is 38.3 Å². The van der Waals surface area contributed by atoms with Gasteiger partial charge in [0, 0.05) is 17.6 Å². The van der Waals surface area contributed by atoms with Gasteiger partial charge in [0.15, 0.2) is 0 Å². The van der Waals surface area contributed by atoms with E-state index in [4.69, 9.17) is 16.3 Å². The van der Waals surface area contributed by atoms with E-state index in [-0.39, 0.29) is 24.6 Å². The number of nitrogens with zero attached hydrogens (tertiary/aromatic N) is 1. The molecule has 1 N–H and O–H groups in total. The molecule has 0 aliphatic carbocycles. The Hall–Kier alpha value is -2.37. The molecule has 0 radical (unpaired) electrons. The zero-order valence-corrected chi connectivity index (χ0v) is 16.9. The van der Waals surface area contributed by atoms with Gasteiger partial charge in [0.1, 0.15) is 6.61 Å². The fourth-order valence-electron chi connectivity index (χ4n) is 3.33. The summed E-state index contributed by atoms with van der Waals surface area (Å²) in [5.41, 5.74) is 1.88. The van der Waals surface area contributed by atoms with Crippen molar-refractivity contribution in [1.29, 1.82) is 0 Å².